The number of hydrogen-bond donors (Lipinski definition) is 1. The van der Waals surface area contributed by atoms with Crippen molar-refractivity contribution >= 4 is 27.4 Å². The Bertz CT molecular complexity index is 654. The largest absolute Gasteiger partial charge is 0.423 e. The fraction of sp³-hybridized carbons (Fsp3) is 0.0833. The molecule has 2 heterocycles. The number of rotatable bonds is 1. The van der Waals surface area contributed by atoms with Crippen molar-refractivity contribution in [1.29, 1.82) is 0 Å². The first-order chi connectivity index (χ1) is 7.75. The summed E-state index contributed by atoms with van der Waals surface area (Å²) in [6, 6.07) is 8.46. The second kappa shape index (κ2) is 3.35. The summed E-state index contributed by atoms with van der Waals surface area (Å²) in [6.45, 7) is 1.90. The van der Waals surface area contributed by atoms with Gasteiger partial charge in [-0.05, 0) is 13.0 Å². The van der Waals surface area contributed by atoms with E-state index in [-0.39, 0.29) is 6.01 Å². The van der Waals surface area contributed by atoms with Crippen LogP contribution in [0.15, 0.2) is 34.1 Å². The number of benzene rings is 1. The highest BCUT2D eigenvalue weighted by Crippen LogP contribution is 2.36. The monoisotopic (exact) mass is 230 g/mol. The highest BCUT2D eigenvalue weighted by atomic mass is 32.1. The van der Waals surface area contributed by atoms with Gasteiger partial charge in [0.15, 0.2) is 5.76 Å². The number of hydrogen-bond acceptors (Lipinski definition) is 4. The Morgan fingerprint density at radius 3 is 2.88 bits per heavy atom. The molecule has 3 rings (SSSR count). The minimum Gasteiger partial charge on any atom is -0.423 e. The molecule has 3 nitrogen and oxygen atoms in total. The van der Waals surface area contributed by atoms with Crippen LogP contribution in [-0.4, -0.2) is 4.98 Å². The van der Waals surface area contributed by atoms with E-state index in [9.17, 15) is 0 Å². The third kappa shape index (κ3) is 1.31. The standard InChI is InChI=1S/C12H10N2OS/c1-7-11(15-12(13)14-7)9-6-16-10-5-3-2-4-8(9)10/h2-6H,1H3,(H2,13,14). The van der Waals surface area contributed by atoms with Crippen molar-refractivity contribution in [2.75, 3.05) is 5.73 Å². The van der Waals surface area contributed by atoms with Crippen LogP contribution in [0.1, 0.15) is 5.69 Å². The van der Waals surface area contributed by atoms with Gasteiger partial charge < -0.3 is 10.2 Å². The average Bonchev–Trinajstić information content (AvgIpc) is 2.81. The molecule has 3 aromatic rings. The van der Waals surface area contributed by atoms with Crippen molar-refractivity contribution in [2.24, 2.45) is 0 Å². The number of thiophene rings is 1. The normalized spacial score (nSPS) is 11.1. The first-order valence-corrected chi connectivity index (χ1v) is 5.83. The first-order valence-electron chi connectivity index (χ1n) is 4.95. The zero-order valence-electron chi connectivity index (χ0n) is 8.73. The lowest BCUT2D eigenvalue weighted by atomic mass is 10.1. The van der Waals surface area contributed by atoms with Crippen LogP contribution in [0.3, 0.4) is 0 Å². The lowest BCUT2D eigenvalue weighted by Crippen LogP contribution is -1.81. The van der Waals surface area contributed by atoms with Crippen LogP contribution in [-0.2, 0) is 0 Å². The highest BCUT2D eigenvalue weighted by molar-refractivity contribution is 7.17. The van der Waals surface area contributed by atoms with E-state index >= 15 is 0 Å². The van der Waals surface area contributed by atoms with Crippen LogP contribution in [0.25, 0.3) is 21.4 Å². The summed E-state index contributed by atoms with van der Waals surface area (Å²) in [5.41, 5.74) is 7.46. The van der Waals surface area contributed by atoms with Crippen LogP contribution >= 0.6 is 11.3 Å². The molecule has 0 atom stereocenters. The lowest BCUT2D eigenvalue weighted by Gasteiger charge is -1.95. The van der Waals surface area contributed by atoms with E-state index < -0.39 is 0 Å². The zero-order valence-corrected chi connectivity index (χ0v) is 9.54. The van der Waals surface area contributed by atoms with E-state index in [1.54, 1.807) is 11.3 Å². The number of oxazole rings is 1. The summed E-state index contributed by atoms with van der Waals surface area (Å²) < 4.78 is 6.68. The van der Waals surface area contributed by atoms with Gasteiger partial charge in [0, 0.05) is 21.0 Å². The molecule has 80 valence electrons. The number of nitrogens with two attached hydrogens (primary N) is 1. The van der Waals surface area contributed by atoms with E-state index in [2.05, 4.69) is 22.5 Å². The Morgan fingerprint density at radius 2 is 2.12 bits per heavy atom. The molecular weight excluding hydrogens is 220 g/mol. The molecule has 2 aromatic heterocycles. The van der Waals surface area contributed by atoms with Crippen LogP contribution in [0.5, 0.6) is 0 Å². The molecule has 0 fully saturated rings. The van der Waals surface area contributed by atoms with Gasteiger partial charge in [-0.2, -0.15) is 4.98 Å². The van der Waals surface area contributed by atoms with Gasteiger partial charge in [0.25, 0.3) is 6.01 Å². The van der Waals surface area contributed by atoms with Crippen molar-refractivity contribution in [3.63, 3.8) is 0 Å². The van der Waals surface area contributed by atoms with Crippen molar-refractivity contribution in [3.05, 3.63) is 35.3 Å². The van der Waals surface area contributed by atoms with E-state index in [1.807, 2.05) is 19.1 Å². The van der Waals surface area contributed by atoms with E-state index in [1.165, 1.54) is 10.1 Å². The predicted octanol–water partition coefficient (Wildman–Crippen LogP) is 3.45. The van der Waals surface area contributed by atoms with Crippen molar-refractivity contribution < 1.29 is 4.42 Å². The molecule has 0 saturated carbocycles. The minimum absolute atomic E-state index is 0.225. The van der Waals surface area contributed by atoms with Gasteiger partial charge in [-0.25, -0.2) is 0 Å². The summed E-state index contributed by atoms with van der Waals surface area (Å²) >= 11 is 1.70. The lowest BCUT2D eigenvalue weighted by molar-refractivity contribution is 0.595. The molecule has 16 heavy (non-hydrogen) atoms. The average molecular weight is 230 g/mol. The summed E-state index contributed by atoms with van der Waals surface area (Å²) in [7, 11) is 0. The Kier molecular flexibility index (Phi) is 1.97. The number of anilines is 1. The predicted molar refractivity (Wildman–Crippen MR) is 66.5 cm³/mol. The molecule has 2 N–H and O–H groups in total. The molecular formula is C12H10N2OS. The second-order valence-electron chi connectivity index (χ2n) is 3.61. The van der Waals surface area contributed by atoms with Gasteiger partial charge in [0.05, 0.1) is 5.69 Å². The molecule has 0 radical (unpaired) electrons. The Hall–Kier alpha value is -1.81. The fourth-order valence-electron chi connectivity index (χ4n) is 1.82. The summed E-state index contributed by atoms with van der Waals surface area (Å²) in [5.74, 6) is 0.773. The molecule has 0 amide bonds. The van der Waals surface area contributed by atoms with Gasteiger partial charge >= 0.3 is 0 Å². The minimum atomic E-state index is 0.225. The Balaban J connectivity index is 2.30. The van der Waals surface area contributed by atoms with Crippen molar-refractivity contribution in [1.82, 2.24) is 4.98 Å². The van der Waals surface area contributed by atoms with E-state index in [0.29, 0.717) is 0 Å². The third-order valence-corrected chi connectivity index (χ3v) is 3.50. The molecule has 0 saturated heterocycles. The van der Waals surface area contributed by atoms with Crippen LogP contribution in [0.4, 0.5) is 6.01 Å². The summed E-state index contributed by atoms with van der Waals surface area (Å²) in [6.07, 6.45) is 0. The fourth-order valence-corrected chi connectivity index (χ4v) is 2.76. The smallest absolute Gasteiger partial charge is 0.292 e. The maximum Gasteiger partial charge on any atom is 0.292 e. The van der Waals surface area contributed by atoms with Gasteiger partial charge in [-0.3, -0.25) is 0 Å². The van der Waals surface area contributed by atoms with E-state index in [0.717, 1.165) is 17.0 Å². The zero-order chi connectivity index (χ0) is 11.1. The SMILES string of the molecule is Cc1nc(N)oc1-c1csc2ccccc12. The highest BCUT2D eigenvalue weighted by Gasteiger charge is 2.13. The molecule has 0 aliphatic rings. The number of nitrogens with zero attached hydrogens (tertiary/aromatic N) is 1. The molecule has 0 spiro atoms. The number of aryl methyl sites for hydroxylation is 1. The molecule has 1 aromatic carbocycles. The van der Waals surface area contributed by atoms with Crippen LogP contribution in [0.2, 0.25) is 0 Å². The quantitative estimate of drug-likeness (QED) is 0.696. The second-order valence-corrected chi connectivity index (χ2v) is 4.52. The third-order valence-electron chi connectivity index (χ3n) is 2.54. The first kappa shape index (κ1) is 9.42. The molecule has 0 bridgehead atoms. The van der Waals surface area contributed by atoms with Gasteiger partial charge in [0.1, 0.15) is 0 Å². The Morgan fingerprint density at radius 1 is 1.31 bits per heavy atom. The summed E-state index contributed by atoms with van der Waals surface area (Å²) in [5, 5.41) is 3.27. The van der Waals surface area contributed by atoms with Crippen LogP contribution in [0, 0.1) is 6.92 Å². The maximum absolute atomic E-state index is 5.56. The Labute approximate surface area is 96.5 Å². The van der Waals surface area contributed by atoms with Gasteiger partial charge in [-0.1, -0.05) is 18.2 Å². The van der Waals surface area contributed by atoms with Gasteiger partial charge in [-0.15, -0.1) is 11.3 Å². The molecule has 0 aliphatic carbocycles. The molecule has 4 heteroatoms. The van der Waals surface area contributed by atoms with Crippen molar-refractivity contribution in [3.8, 4) is 11.3 Å². The van der Waals surface area contributed by atoms with Gasteiger partial charge in [0.2, 0.25) is 0 Å². The maximum atomic E-state index is 5.56. The number of fused-ring (bicyclic) bond motifs is 1. The molecule has 0 aliphatic heterocycles. The van der Waals surface area contributed by atoms with Crippen molar-refractivity contribution in [2.45, 2.75) is 6.92 Å². The topological polar surface area (TPSA) is 52.0 Å². The summed E-state index contributed by atoms with van der Waals surface area (Å²) in [4.78, 5) is 4.09. The number of aromatic nitrogens is 1. The van der Waals surface area contributed by atoms with Crippen LogP contribution < -0.4 is 5.73 Å². The van der Waals surface area contributed by atoms with E-state index in [4.69, 9.17) is 10.2 Å². The number of nitrogen functional groups attached to an aromatic ring is 1. The molecule has 0 unspecified atom stereocenters.